The van der Waals surface area contributed by atoms with E-state index < -0.39 is 129 Å². The number of rotatable bonds is 18. The molecule has 2 saturated carbocycles. The highest BCUT2D eigenvalue weighted by atomic mass is 35.5. The Hall–Kier alpha value is -7.08. The summed E-state index contributed by atoms with van der Waals surface area (Å²) in [6, 6.07) is 18.6. The lowest BCUT2D eigenvalue weighted by molar-refractivity contribution is -0.142. The number of amides is 1. The van der Waals surface area contributed by atoms with Gasteiger partial charge in [0.05, 0.1) is 52.6 Å². The van der Waals surface area contributed by atoms with Gasteiger partial charge in [-0.05, 0) is 78.3 Å². The second-order valence-electron chi connectivity index (χ2n) is 18.1. The number of carbonyl (C=O) groups excluding carboxylic acids is 1. The molecule has 74 heavy (non-hydrogen) atoms. The molecule has 2 fully saturated rings. The molecule has 25 heteroatoms. The average molecular weight is 1080 g/mol. The molecule has 1 amide bonds. The Balaban J connectivity index is 1.16. The molecule has 3 aliphatic rings. The molecule has 0 spiro atoms. The fourth-order valence-electron chi connectivity index (χ4n) is 9.49. The first-order valence-electron chi connectivity index (χ1n) is 22.9. The standard InChI is InChI=1S/C49H40ClF9N8O6S/c1-72-30-9-7-25(8-10-30)21-66(74(70,71)31-11-12-31)47-42-34(50)13-14-36(43(42)64(63-47)22-37(53)54)67-40(69)20-39(73-24-26-5-3-2-4-6-26)61-46(67)35(17-27-15-28(51)18-29(52)16-27)60-38(68)23-65-45-41(44(62-65)49(57,58)59)32-19-33(32)48(45,55)56/h2-10,13-16,18,20,31-33,35,37H,11-12,17,19,21-24H2,1H3,(H,60,68)/t32-,33+,35-/m0/s1. The summed E-state index contributed by atoms with van der Waals surface area (Å²) in [5.74, 6) is -10.8. The number of methoxy groups -OCH3 is 1. The van der Waals surface area contributed by atoms with Gasteiger partial charge in [-0.25, -0.2) is 30.3 Å². The van der Waals surface area contributed by atoms with Crippen molar-refractivity contribution in [1.82, 2.24) is 34.4 Å². The van der Waals surface area contributed by atoms with Crippen molar-refractivity contribution in [2.75, 3.05) is 11.4 Å². The molecule has 10 rings (SSSR count). The lowest BCUT2D eigenvalue weighted by Crippen LogP contribution is -2.38. The van der Waals surface area contributed by atoms with Gasteiger partial charge in [-0.3, -0.25) is 23.5 Å². The van der Waals surface area contributed by atoms with Gasteiger partial charge >= 0.3 is 6.18 Å². The van der Waals surface area contributed by atoms with Crippen LogP contribution in [0.2, 0.25) is 5.02 Å². The molecule has 0 unspecified atom stereocenters. The molecule has 1 N–H and O–H groups in total. The van der Waals surface area contributed by atoms with E-state index in [0.717, 1.165) is 31.8 Å². The number of nitrogens with zero attached hydrogens (tertiary/aromatic N) is 7. The number of halogens is 10. The molecule has 0 bridgehead atoms. The van der Waals surface area contributed by atoms with Crippen molar-refractivity contribution in [3.63, 3.8) is 0 Å². The maximum atomic E-state index is 15.7. The maximum Gasteiger partial charge on any atom is 0.435 e. The monoisotopic (exact) mass is 1070 g/mol. The van der Waals surface area contributed by atoms with Gasteiger partial charge < -0.3 is 14.8 Å². The van der Waals surface area contributed by atoms with E-state index in [0.29, 0.717) is 22.9 Å². The van der Waals surface area contributed by atoms with Crippen molar-refractivity contribution in [2.24, 2.45) is 5.92 Å². The molecule has 0 aliphatic heterocycles. The third kappa shape index (κ3) is 9.64. The van der Waals surface area contributed by atoms with Crippen LogP contribution in [0.4, 0.5) is 45.3 Å². The van der Waals surface area contributed by atoms with Crippen molar-refractivity contribution in [3.05, 3.63) is 157 Å². The van der Waals surface area contributed by atoms with Gasteiger partial charge in [-0.1, -0.05) is 54.1 Å². The Bertz CT molecular complexity index is 3480. The Morgan fingerprint density at radius 2 is 1.64 bits per heavy atom. The zero-order valence-electron chi connectivity index (χ0n) is 38.5. The second-order valence-corrected chi connectivity index (χ2v) is 20.7. The normalized spacial score (nSPS) is 17.3. The van der Waals surface area contributed by atoms with Crippen molar-refractivity contribution in [2.45, 2.75) is 87.7 Å². The van der Waals surface area contributed by atoms with Crippen LogP contribution >= 0.6 is 11.6 Å². The number of hydrogen-bond donors (Lipinski definition) is 1. The number of anilines is 1. The summed E-state index contributed by atoms with van der Waals surface area (Å²) in [4.78, 5) is 33.7. The van der Waals surface area contributed by atoms with Gasteiger partial charge in [0.2, 0.25) is 21.8 Å². The molecule has 0 saturated heterocycles. The van der Waals surface area contributed by atoms with Crippen molar-refractivity contribution in [1.29, 1.82) is 0 Å². The van der Waals surface area contributed by atoms with E-state index in [1.807, 2.05) is 0 Å². The zero-order chi connectivity index (χ0) is 52.6. The molecular weight excluding hydrogens is 1040 g/mol. The van der Waals surface area contributed by atoms with E-state index in [9.17, 15) is 48.7 Å². The van der Waals surface area contributed by atoms with Crippen LogP contribution in [0, 0.1) is 17.6 Å². The third-order valence-corrected chi connectivity index (χ3v) is 15.5. The molecule has 3 aliphatic carbocycles. The Kier molecular flexibility index (Phi) is 13.0. The fourth-order valence-corrected chi connectivity index (χ4v) is 11.5. The molecule has 14 nitrogen and oxygen atoms in total. The lowest BCUT2D eigenvalue weighted by Gasteiger charge is -2.24. The number of ether oxygens (including phenoxy) is 2. The van der Waals surface area contributed by atoms with Crippen LogP contribution in [0.5, 0.6) is 11.6 Å². The number of benzene rings is 4. The number of sulfonamides is 1. The highest BCUT2D eigenvalue weighted by Gasteiger charge is 2.68. The summed E-state index contributed by atoms with van der Waals surface area (Å²) >= 11 is 6.89. The summed E-state index contributed by atoms with van der Waals surface area (Å²) < 4.78 is 176. The maximum absolute atomic E-state index is 15.7. The van der Waals surface area contributed by atoms with Crippen molar-refractivity contribution < 1.29 is 62.2 Å². The number of aromatic nitrogens is 6. The number of carbonyl (C=O) groups is 1. The van der Waals surface area contributed by atoms with Crippen LogP contribution < -0.4 is 24.7 Å². The first kappa shape index (κ1) is 50.5. The van der Waals surface area contributed by atoms with Crippen molar-refractivity contribution >= 4 is 44.3 Å². The van der Waals surface area contributed by atoms with Crippen molar-refractivity contribution in [3.8, 4) is 17.3 Å². The van der Waals surface area contributed by atoms with Gasteiger partial charge in [0.1, 0.15) is 48.6 Å². The van der Waals surface area contributed by atoms with Crippen LogP contribution in [0.15, 0.2) is 95.8 Å². The molecule has 388 valence electrons. The van der Waals surface area contributed by atoms with E-state index in [4.69, 9.17) is 21.1 Å². The minimum atomic E-state index is -5.18. The van der Waals surface area contributed by atoms with Crippen LogP contribution in [0.3, 0.4) is 0 Å². The lowest BCUT2D eigenvalue weighted by atomic mass is 10.0. The summed E-state index contributed by atoms with van der Waals surface area (Å²) in [6.45, 7) is -3.05. The smallest absolute Gasteiger partial charge is 0.435 e. The number of nitrogens with one attached hydrogen (secondary N) is 1. The third-order valence-electron chi connectivity index (χ3n) is 13.0. The highest BCUT2D eigenvalue weighted by molar-refractivity contribution is 7.93. The molecule has 4 aromatic carbocycles. The van der Waals surface area contributed by atoms with Crippen LogP contribution in [0.25, 0.3) is 16.6 Å². The summed E-state index contributed by atoms with van der Waals surface area (Å²) in [5.41, 5.74) is -4.35. The highest BCUT2D eigenvalue weighted by Crippen LogP contribution is 2.68. The molecule has 3 heterocycles. The van der Waals surface area contributed by atoms with E-state index in [1.165, 1.54) is 19.2 Å². The van der Waals surface area contributed by atoms with Gasteiger partial charge in [0, 0.05) is 24.0 Å². The minimum absolute atomic E-state index is 0.194. The van der Waals surface area contributed by atoms with E-state index in [1.54, 1.807) is 54.6 Å². The van der Waals surface area contributed by atoms with Gasteiger partial charge in [0.25, 0.3) is 17.9 Å². The molecule has 3 atom stereocenters. The SMILES string of the molecule is COc1ccc(CN(c2nn(CC(F)F)c3c(-n4c([C@H](Cc5cc(F)cc(F)c5)NC(=O)Cn5nc(C(F)(F)F)c6c5C(F)(F)[C@@H]5C[C@H]65)nc(OCc5ccccc5)cc4=O)ccc(Cl)c23)S(=O)(=O)C2CC2)cc1. The molecular formula is C49H40ClF9N8O6S. The number of alkyl halides is 7. The predicted molar refractivity (Wildman–Crippen MR) is 249 cm³/mol. The molecule has 0 radical (unpaired) electrons. The topological polar surface area (TPSA) is 155 Å². The van der Waals surface area contributed by atoms with Crippen LogP contribution in [-0.4, -0.2) is 62.2 Å². The van der Waals surface area contributed by atoms with E-state index in [2.05, 4.69) is 20.5 Å². The van der Waals surface area contributed by atoms with Gasteiger partial charge in [0.15, 0.2) is 11.5 Å². The van der Waals surface area contributed by atoms with Crippen LogP contribution in [-0.2, 0) is 59.6 Å². The minimum Gasteiger partial charge on any atom is -0.497 e. The first-order valence-corrected chi connectivity index (χ1v) is 24.7. The Morgan fingerprint density at radius 3 is 2.28 bits per heavy atom. The van der Waals surface area contributed by atoms with Crippen LogP contribution in [0.1, 0.15) is 70.7 Å². The second kappa shape index (κ2) is 19.0. The quantitative estimate of drug-likeness (QED) is 0.0828. The average Bonchev–Trinajstić information content (AvgIpc) is 4.31. The summed E-state index contributed by atoms with van der Waals surface area (Å²) in [7, 11) is -2.87. The van der Waals surface area contributed by atoms with Gasteiger partial charge in [-0.15, -0.1) is 0 Å². The first-order chi connectivity index (χ1) is 35.1. The van der Waals surface area contributed by atoms with E-state index in [-0.39, 0.29) is 64.3 Å². The number of fused-ring (bicyclic) bond motifs is 4. The Morgan fingerprint density at radius 1 is 0.932 bits per heavy atom. The fraction of sp³-hybridized carbons (Fsp3) is 0.327. The molecule has 7 aromatic rings. The van der Waals surface area contributed by atoms with Gasteiger partial charge in [-0.2, -0.15) is 37.1 Å². The predicted octanol–water partition coefficient (Wildman–Crippen LogP) is 9.39. The molecule has 3 aromatic heterocycles. The largest absolute Gasteiger partial charge is 0.497 e. The summed E-state index contributed by atoms with van der Waals surface area (Å²) in [6.07, 6.45) is -8.70. The van der Waals surface area contributed by atoms with E-state index >= 15 is 8.78 Å². The number of hydrogen-bond acceptors (Lipinski definition) is 9. The zero-order valence-corrected chi connectivity index (χ0v) is 40.0. The Labute approximate surface area is 419 Å². The summed E-state index contributed by atoms with van der Waals surface area (Å²) in [5, 5.41) is 9.02.